The van der Waals surface area contributed by atoms with Crippen molar-refractivity contribution in [3.63, 3.8) is 0 Å². The Bertz CT molecular complexity index is 1250. The average Bonchev–Trinajstić information content (AvgIpc) is 3.24. The monoisotopic (exact) mass is 413 g/mol. The molecule has 0 saturated carbocycles. The van der Waals surface area contributed by atoms with E-state index in [1.807, 2.05) is 55.5 Å². The zero-order chi connectivity index (χ0) is 22.0. The maximum Gasteiger partial charge on any atom is 0.339 e. The molecule has 1 atom stereocenters. The maximum absolute atomic E-state index is 13.1. The van der Waals surface area contributed by atoms with Crippen LogP contribution in [-0.4, -0.2) is 22.8 Å². The summed E-state index contributed by atoms with van der Waals surface area (Å²) in [5.74, 6) is 0.505. The lowest BCUT2D eigenvalue weighted by Gasteiger charge is -2.14. The number of carbonyl (C=O) groups is 2. The summed E-state index contributed by atoms with van der Waals surface area (Å²) in [6.45, 7) is 5.49. The third-order valence-corrected chi connectivity index (χ3v) is 5.23. The fourth-order valence-electron chi connectivity index (χ4n) is 3.46. The standard InChI is InChI=1S/C26H23NO4/c1-4-18-10-12-19(13-11-18)25(28)17(3)31-26(29)21-15-23(24-14-9-16(2)30-24)27-22-8-6-5-7-20(21)22/h5-15,17H,4H2,1-3H3. The van der Waals surface area contributed by atoms with E-state index in [2.05, 4.69) is 11.9 Å². The van der Waals surface area contributed by atoms with Crippen molar-refractivity contribution in [3.05, 3.63) is 89.2 Å². The van der Waals surface area contributed by atoms with Crippen molar-refractivity contribution in [2.75, 3.05) is 0 Å². The van der Waals surface area contributed by atoms with Crippen LogP contribution in [0.1, 0.15) is 45.9 Å². The van der Waals surface area contributed by atoms with Gasteiger partial charge in [-0.3, -0.25) is 4.79 Å². The molecular weight excluding hydrogens is 390 g/mol. The van der Waals surface area contributed by atoms with Crippen LogP contribution in [0.2, 0.25) is 0 Å². The third-order valence-electron chi connectivity index (χ3n) is 5.23. The molecule has 4 rings (SSSR count). The van der Waals surface area contributed by atoms with E-state index in [1.54, 1.807) is 25.1 Å². The minimum atomic E-state index is -0.916. The van der Waals surface area contributed by atoms with Crippen LogP contribution in [0.15, 0.2) is 71.1 Å². The summed E-state index contributed by atoms with van der Waals surface area (Å²) in [5.41, 5.74) is 3.19. The number of esters is 1. The molecule has 2 aromatic heterocycles. The van der Waals surface area contributed by atoms with Gasteiger partial charge < -0.3 is 9.15 Å². The van der Waals surface area contributed by atoms with Gasteiger partial charge in [-0.1, -0.05) is 49.4 Å². The predicted octanol–water partition coefficient (Wildman–Crippen LogP) is 5.79. The van der Waals surface area contributed by atoms with Gasteiger partial charge in [-0.15, -0.1) is 0 Å². The zero-order valence-electron chi connectivity index (χ0n) is 17.7. The van der Waals surface area contributed by atoms with Crippen molar-refractivity contribution in [2.24, 2.45) is 0 Å². The molecule has 5 heteroatoms. The number of rotatable bonds is 6. The molecule has 0 aliphatic rings. The van der Waals surface area contributed by atoms with Crippen LogP contribution in [0, 0.1) is 6.92 Å². The number of carbonyl (C=O) groups excluding carboxylic acids is 2. The molecule has 2 aromatic carbocycles. The molecule has 2 heterocycles. The van der Waals surface area contributed by atoms with Crippen LogP contribution in [0.4, 0.5) is 0 Å². The van der Waals surface area contributed by atoms with Crippen LogP contribution < -0.4 is 0 Å². The zero-order valence-corrected chi connectivity index (χ0v) is 17.7. The molecule has 1 unspecified atom stereocenters. The van der Waals surface area contributed by atoms with E-state index in [1.165, 1.54) is 0 Å². The molecule has 0 bridgehead atoms. The third kappa shape index (κ3) is 4.26. The number of furan rings is 1. The number of hydrogen-bond donors (Lipinski definition) is 0. The van der Waals surface area contributed by atoms with Crippen LogP contribution in [0.25, 0.3) is 22.4 Å². The molecule has 0 fully saturated rings. The fourth-order valence-corrected chi connectivity index (χ4v) is 3.46. The molecule has 0 aliphatic carbocycles. The van der Waals surface area contributed by atoms with Crippen molar-refractivity contribution in [2.45, 2.75) is 33.3 Å². The highest BCUT2D eigenvalue weighted by Crippen LogP contribution is 2.27. The Morgan fingerprint density at radius 2 is 1.77 bits per heavy atom. The minimum absolute atomic E-state index is 0.240. The number of aromatic nitrogens is 1. The molecule has 31 heavy (non-hydrogen) atoms. The molecule has 0 aliphatic heterocycles. The van der Waals surface area contributed by atoms with Gasteiger partial charge in [0.25, 0.3) is 0 Å². The Labute approximate surface area is 180 Å². The quantitative estimate of drug-likeness (QED) is 0.295. The second-order valence-electron chi connectivity index (χ2n) is 7.44. The van der Waals surface area contributed by atoms with Crippen molar-refractivity contribution >= 4 is 22.7 Å². The summed E-state index contributed by atoms with van der Waals surface area (Å²) < 4.78 is 11.2. The van der Waals surface area contributed by atoms with Gasteiger partial charge in [0.15, 0.2) is 11.9 Å². The highest BCUT2D eigenvalue weighted by atomic mass is 16.5. The lowest BCUT2D eigenvalue weighted by molar-refractivity contribution is 0.0320. The second-order valence-corrected chi connectivity index (χ2v) is 7.44. The summed E-state index contributed by atoms with van der Waals surface area (Å²) >= 11 is 0. The number of Topliss-reactive ketones (excluding diaryl/α,β-unsaturated/α-hetero) is 1. The second kappa shape index (κ2) is 8.56. The van der Waals surface area contributed by atoms with Gasteiger partial charge >= 0.3 is 5.97 Å². The lowest BCUT2D eigenvalue weighted by atomic mass is 10.0. The van der Waals surface area contributed by atoms with Gasteiger partial charge in [-0.05, 0) is 50.1 Å². The van der Waals surface area contributed by atoms with E-state index in [4.69, 9.17) is 9.15 Å². The Kier molecular flexibility index (Phi) is 5.67. The largest absolute Gasteiger partial charge is 0.460 e. The van der Waals surface area contributed by atoms with E-state index >= 15 is 0 Å². The van der Waals surface area contributed by atoms with E-state index in [0.29, 0.717) is 33.5 Å². The molecule has 0 spiro atoms. The number of aryl methyl sites for hydroxylation is 2. The van der Waals surface area contributed by atoms with Crippen LogP contribution in [0.3, 0.4) is 0 Å². The Morgan fingerprint density at radius 3 is 2.45 bits per heavy atom. The number of hydrogen-bond acceptors (Lipinski definition) is 5. The topological polar surface area (TPSA) is 69.4 Å². The summed E-state index contributed by atoms with van der Waals surface area (Å²) in [4.78, 5) is 30.4. The Morgan fingerprint density at radius 1 is 1.03 bits per heavy atom. The lowest BCUT2D eigenvalue weighted by Crippen LogP contribution is -2.24. The Balaban J connectivity index is 1.64. The molecule has 5 nitrogen and oxygen atoms in total. The SMILES string of the molecule is CCc1ccc(C(=O)C(C)OC(=O)c2cc(-c3ccc(C)o3)nc3ccccc23)cc1. The highest BCUT2D eigenvalue weighted by Gasteiger charge is 2.23. The van der Waals surface area contributed by atoms with Gasteiger partial charge in [-0.2, -0.15) is 0 Å². The Hall–Kier alpha value is -3.73. The fraction of sp³-hybridized carbons (Fsp3) is 0.192. The van der Waals surface area contributed by atoms with Crippen LogP contribution >= 0.6 is 0 Å². The van der Waals surface area contributed by atoms with E-state index in [0.717, 1.165) is 17.7 Å². The first kappa shape index (κ1) is 20.5. The summed E-state index contributed by atoms with van der Waals surface area (Å²) in [6.07, 6.45) is -0.0210. The molecule has 156 valence electrons. The molecule has 0 saturated heterocycles. The summed E-state index contributed by atoms with van der Waals surface area (Å²) in [5, 5.41) is 0.659. The summed E-state index contributed by atoms with van der Waals surface area (Å²) in [6, 6.07) is 20.0. The smallest absolute Gasteiger partial charge is 0.339 e. The van der Waals surface area contributed by atoms with E-state index in [9.17, 15) is 9.59 Å². The molecule has 0 amide bonds. The first-order valence-electron chi connectivity index (χ1n) is 10.3. The van der Waals surface area contributed by atoms with Crippen molar-refractivity contribution in [1.29, 1.82) is 0 Å². The number of pyridine rings is 1. The van der Waals surface area contributed by atoms with Crippen molar-refractivity contribution < 1.29 is 18.7 Å². The first-order chi connectivity index (χ1) is 15.0. The number of para-hydroxylation sites is 1. The molecule has 4 aromatic rings. The van der Waals surface area contributed by atoms with Crippen molar-refractivity contribution in [3.8, 4) is 11.5 Å². The van der Waals surface area contributed by atoms with Gasteiger partial charge in [0.1, 0.15) is 11.5 Å². The highest BCUT2D eigenvalue weighted by molar-refractivity contribution is 6.06. The van der Waals surface area contributed by atoms with Gasteiger partial charge in [-0.25, -0.2) is 9.78 Å². The predicted molar refractivity (Wildman–Crippen MR) is 119 cm³/mol. The molecular formula is C26H23NO4. The number of nitrogens with zero attached hydrogens (tertiary/aromatic N) is 1. The van der Waals surface area contributed by atoms with Gasteiger partial charge in [0.2, 0.25) is 5.78 Å². The number of benzene rings is 2. The van der Waals surface area contributed by atoms with E-state index < -0.39 is 12.1 Å². The van der Waals surface area contributed by atoms with Gasteiger partial charge in [0.05, 0.1) is 11.1 Å². The van der Waals surface area contributed by atoms with Crippen molar-refractivity contribution in [1.82, 2.24) is 4.98 Å². The maximum atomic E-state index is 13.1. The number of ether oxygens (including phenoxy) is 1. The summed E-state index contributed by atoms with van der Waals surface area (Å²) in [7, 11) is 0. The normalized spacial score (nSPS) is 12.0. The van der Waals surface area contributed by atoms with Crippen LogP contribution in [0.5, 0.6) is 0 Å². The average molecular weight is 413 g/mol. The number of fused-ring (bicyclic) bond motifs is 1. The number of ketones is 1. The first-order valence-corrected chi connectivity index (χ1v) is 10.3. The molecule has 0 N–H and O–H groups in total. The van der Waals surface area contributed by atoms with E-state index in [-0.39, 0.29) is 5.78 Å². The van der Waals surface area contributed by atoms with Gasteiger partial charge in [0, 0.05) is 10.9 Å². The molecule has 0 radical (unpaired) electrons. The van der Waals surface area contributed by atoms with Crippen LogP contribution in [-0.2, 0) is 11.2 Å². The minimum Gasteiger partial charge on any atom is -0.460 e.